The second kappa shape index (κ2) is 8.24. The largest absolute Gasteiger partial charge is 0.378 e. The number of anilines is 1. The van der Waals surface area contributed by atoms with Crippen LogP contribution in [0.25, 0.3) is 21.7 Å². The lowest BCUT2D eigenvalue weighted by molar-refractivity contribution is -0.135. The van der Waals surface area contributed by atoms with Crippen molar-refractivity contribution in [3.05, 3.63) is 78.5 Å². The highest BCUT2D eigenvalue weighted by molar-refractivity contribution is 6.13. The molecule has 1 saturated heterocycles. The van der Waals surface area contributed by atoms with Gasteiger partial charge in [-0.15, -0.1) is 0 Å². The molecule has 6 nitrogen and oxygen atoms in total. The molecule has 2 amide bonds. The highest BCUT2D eigenvalue weighted by atomic mass is 16.5. The zero-order valence-electron chi connectivity index (χ0n) is 17.1. The van der Waals surface area contributed by atoms with Crippen molar-refractivity contribution in [1.29, 1.82) is 0 Å². The number of aromatic nitrogens is 1. The molecule has 6 heteroatoms. The minimum absolute atomic E-state index is 0.0918. The quantitative estimate of drug-likeness (QED) is 0.552. The predicted octanol–water partition coefficient (Wildman–Crippen LogP) is 3.91. The molecule has 0 unspecified atom stereocenters. The Bertz CT molecular complexity index is 1270. The van der Waals surface area contributed by atoms with Crippen LogP contribution in [-0.4, -0.2) is 47.6 Å². The Morgan fingerprint density at radius 1 is 0.903 bits per heavy atom. The van der Waals surface area contributed by atoms with E-state index in [0.29, 0.717) is 38.4 Å². The first-order valence-electron chi connectivity index (χ1n) is 10.4. The maximum Gasteiger partial charge on any atom is 0.256 e. The molecule has 1 N–H and O–H groups in total. The lowest BCUT2D eigenvalue weighted by Crippen LogP contribution is -2.42. The van der Waals surface area contributed by atoms with Gasteiger partial charge in [0, 0.05) is 41.4 Å². The zero-order chi connectivity index (χ0) is 21.2. The summed E-state index contributed by atoms with van der Waals surface area (Å²) in [7, 11) is 0. The third kappa shape index (κ3) is 3.90. The molecule has 156 valence electrons. The van der Waals surface area contributed by atoms with E-state index in [0.717, 1.165) is 27.4 Å². The third-order valence-electron chi connectivity index (χ3n) is 5.73. The molecule has 5 rings (SSSR count). The van der Waals surface area contributed by atoms with E-state index in [2.05, 4.69) is 5.32 Å². The average molecular weight is 413 g/mol. The van der Waals surface area contributed by atoms with Gasteiger partial charge < -0.3 is 19.5 Å². The molecule has 0 radical (unpaired) electrons. The summed E-state index contributed by atoms with van der Waals surface area (Å²) in [4.78, 5) is 27.3. The van der Waals surface area contributed by atoms with E-state index in [4.69, 9.17) is 4.74 Å². The summed E-state index contributed by atoms with van der Waals surface area (Å²) >= 11 is 0. The second-order valence-electron chi connectivity index (χ2n) is 7.69. The van der Waals surface area contributed by atoms with Crippen molar-refractivity contribution in [3.63, 3.8) is 0 Å². The Hall–Kier alpha value is -3.64. The monoisotopic (exact) mass is 413 g/mol. The fourth-order valence-electron chi connectivity index (χ4n) is 4.10. The summed E-state index contributed by atoms with van der Waals surface area (Å²) in [6.07, 6.45) is 1.92. The van der Waals surface area contributed by atoms with Crippen molar-refractivity contribution < 1.29 is 14.3 Å². The fourth-order valence-corrected chi connectivity index (χ4v) is 4.10. The van der Waals surface area contributed by atoms with Crippen molar-refractivity contribution in [2.45, 2.75) is 6.54 Å². The zero-order valence-corrected chi connectivity index (χ0v) is 17.1. The molecule has 2 heterocycles. The first-order valence-corrected chi connectivity index (χ1v) is 10.4. The Balaban J connectivity index is 1.34. The normalized spacial score (nSPS) is 14.1. The number of morpholine rings is 1. The molecule has 0 saturated carbocycles. The Morgan fingerprint density at radius 3 is 2.58 bits per heavy atom. The van der Waals surface area contributed by atoms with Gasteiger partial charge in [0.05, 0.1) is 13.2 Å². The van der Waals surface area contributed by atoms with Gasteiger partial charge in [-0.2, -0.15) is 0 Å². The van der Waals surface area contributed by atoms with E-state index in [9.17, 15) is 9.59 Å². The minimum atomic E-state index is -0.141. The lowest BCUT2D eigenvalue weighted by atomic mass is 10.0. The number of nitrogens with one attached hydrogen (secondary N) is 1. The molecule has 0 atom stereocenters. The molecule has 1 fully saturated rings. The van der Waals surface area contributed by atoms with Gasteiger partial charge in [-0.3, -0.25) is 9.59 Å². The van der Waals surface area contributed by atoms with E-state index in [1.165, 1.54) is 0 Å². The first-order chi connectivity index (χ1) is 15.2. The predicted molar refractivity (Wildman–Crippen MR) is 121 cm³/mol. The van der Waals surface area contributed by atoms with Crippen molar-refractivity contribution >= 4 is 39.2 Å². The molecule has 4 aromatic rings. The van der Waals surface area contributed by atoms with Crippen LogP contribution in [0.2, 0.25) is 0 Å². The van der Waals surface area contributed by atoms with Crippen LogP contribution in [0.1, 0.15) is 10.4 Å². The standard InChI is InChI=1S/C25H23N3O3/c29-24(27-12-14-31-15-13-27)17-28-11-10-19-16-20(8-9-23(19)28)26-25(30)22-7-3-5-18-4-1-2-6-21(18)22/h1-11,16H,12-15,17H2,(H,26,30). The topological polar surface area (TPSA) is 63.6 Å². The van der Waals surface area contributed by atoms with Crippen molar-refractivity contribution in [1.82, 2.24) is 9.47 Å². The van der Waals surface area contributed by atoms with Gasteiger partial charge in [0.15, 0.2) is 0 Å². The number of ether oxygens (including phenoxy) is 1. The van der Waals surface area contributed by atoms with Crippen LogP contribution in [-0.2, 0) is 16.1 Å². The van der Waals surface area contributed by atoms with E-state index in [-0.39, 0.29) is 11.8 Å². The highest BCUT2D eigenvalue weighted by Gasteiger charge is 2.18. The van der Waals surface area contributed by atoms with Gasteiger partial charge in [0.1, 0.15) is 6.54 Å². The molecular weight excluding hydrogens is 390 g/mol. The lowest BCUT2D eigenvalue weighted by Gasteiger charge is -2.27. The van der Waals surface area contributed by atoms with Crippen molar-refractivity contribution in [3.8, 4) is 0 Å². The number of carbonyl (C=O) groups is 2. The summed E-state index contributed by atoms with van der Waals surface area (Å²) in [6.45, 7) is 2.77. The van der Waals surface area contributed by atoms with Crippen LogP contribution in [0.4, 0.5) is 5.69 Å². The molecule has 0 bridgehead atoms. The van der Waals surface area contributed by atoms with Gasteiger partial charge in [-0.25, -0.2) is 0 Å². The minimum Gasteiger partial charge on any atom is -0.378 e. The number of hydrogen-bond acceptors (Lipinski definition) is 3. The summed E-state index contributed by atoms with van der Waals surface area (Å²) in [6, 6.07) is 21.3. The van der Waals surface area contributed by atoms with Crippen molar-refractivity contribution in [2.75, 3.05) is 31.6 Å². The van der Waals surface area contributed by atoms with Crippen LogP contribution >= 0.6 is 0 Å². The first kappa shape index (κ1) is 19.3. The summed E-state index contributed by atoms with van der Waals surface area (Å²) in [5.41, 5.74) is 2.33. The SMILES string of the molecule is O=C(Nc1ccc2c(ccn2CC(=O)N2CCOCC2)c1)c1cccc2ccccc12. The number of fused-ring (bicyclic) bond motifs is 2. The van der Waals surface area contributed by atoms with E-state index < -0.39 is 0 Å². The van der Waals surface area contributed by atoms with Crippen LogP contribution in [0.5, 0.6) is 0 Å². The summed E-state index contributed by atoms with van der Waals surface area (Å²) < 4.78 is 7.27. The maximum atomic E-state index is 12.9. The van der Waals surface area contributed by atoms with Crippen molar-refractivity contribution in [2.24, 2.45) is 0 Å². The van der Waals surface area contributed by atoms with Crippen LogP contribution in [0.15, 0.2) is 72.9 Å². The van der Waals surface area contributed by atoms with Crippen LogP contribution in [0.3, 0.4) is 0 Å². The molecule has 3 aromatic carbocycles. The molecule has 1 aliphatic rings. The number of rotatable bonds is 4. The van der Waals surface area contributed by atoms with Gasteiger partial charge >= 0.3 is 0 Å². The van der Waals surface area contributed by atoms with E-state index in [1.54, 1.807) is 0 Å². The highest BCUT2D eigenvalue weighted by Crippen LogP contribution is 2.23. The molecule has 0 aliphatic carbocycles. The van der Waals surface area contributed by atoms with Gasteiger partial charge in [0.25, 0.3) is 5.91 Å². The van der Waals surface area contributed by atoms with Gasteiger partial charge in [-0.1, -0.05) is 36.4 Å². The van der Waals surface area contributed by atoms with E-state index >= 15 is 0 Å². The number of nitrogens with zero attached hydrogens (tertiary/aromatic N) is 2. The molecular formula is C25H23N3O3. The molecule has 1 aliphatic heterocycles. The number of amides is 2. The smallest absolute Gasteiger partial charge is 0.256 e. The molecule has 1 aromatic heterocycles. The Morgan fingerprint density at radius 2 is 1.71 bits per heavy atom. The van der Waals surface area contributed by atoms with Crippen LogP contribution < -0.4 is 5.32 Å². The Kier molecular flexibility index (Phi) is 5.14. The third-order valence-corrected chi connectivity index (χ3v) is 5.73. The molecule has 31 heavy (non-hydrogen) atoms. The van der Waals surface area contributed by atoms with Crippen LogP contribution in [0, 0.1) is 0 Å². The van der Waals surface area contributed by atoms with Gasteiger partial charge in [0.2, 0.25) is 5.91 Å². The Labute approximate surface area is 180 Å². The average Bonchev–Trinajstić information content (AvgIpc) is 3.21. The number of hydrogen-bond donors (Lipinski definition) is 1. The van der Waals surface area contributed by atoms with E-state index in [1.807, 2.05) is 82.4 Å². The summed E-state index contributed by atoms with van der Waals surface area (Å²) in [5.74, 6) is -0.0489. The summed E-state index contributed by atoms with van der Waals surface area (Å²) in [5, 5.41) is 5.95. The number of benzene rings is 3. The van der Waals surface area contributed by atoms with Gasteiger partial charge in [-0.05, 0) is 41.1 Å². The maximum absolute atomic E-state index is 12.9. The number of carbonyl (C=O) groups excluding carboxylic acids is 2. The molecule has 0 spiro atoms. The fraction of sp³-hybridized carbons (Fsp3) is 0.200. The second-order valence-corrected chi connectivity index (χ2v) is 7.69.